The molecule has 0 aliphatic carbocycles. The van der Waals surface area contributed by atoms with Crippen LogP contribution in [0.1, 0.15) is 15.9 Å². The van der Waals surface area contributed by atoms with E-state index in [-0.39, 0.29) is 11.1 Å². The van der Waals surface area contributed by atoms with Crippen molar-refractivity contribution < 1.29 is 14.3 Å². The van der Waals surface area contributed by atoms with E-state index in [0.717, 1.165) is 6.07 Å². The maximum Gasteiger partial charge on any atom is 0.336 e. The van der Waals surface area contributed by atoms with Crippen molar-refractivity contribution in [2.75, 3.05) is 0 Å². The number of rotatable bonds is 2. The average Bonchev–Trinajstić information content (AvgIpc) is 2.37. The van der Waals surface area contributed by atoms with Crippen molar-refractivity contribution in [1.82, 2.24) is 0 Å². The lowest BCUT2D eigenvalue weighted by Gasteiger charge is -2.07. The van der Waals surface area contributed by atoms with Gasteiger partial charge in [-0.2, -0.15) is 5.26 Å². The second kappa shape index (κ2) is 5.21. The number of halogens is 2. The van der Waals surface area contributed by atoms with Crippen LogP contribution in [0.25, 0.3) is 11.1 Å². The van der Waals surface area contributed by atoms with Gasteiger partial charge in [0.1, 0.15) is 5.82 Å². The predicted octanol–water partition coefficient (Wildman–Crippen LogP) is 3.83. The Morgan fingerprint density at radius 3 is 2.63 bits per heavy atom. The van der Waals surface area contributed by atoms with E-state index in [1.165, 1.54) is 18.2 Å². The molecule has 0 amide bonds. The molecular weight excluding hydrogens is 313 g/mol. The van der Waals surface area contributed by atoms with Crippen molar-refractivity contribution >= 4 is 21.9 Å². The minimum atomic E-state index is -1.11. The van der Waals surface area contributed by atoms with Crippen LogP contribution in [0.3, 0.4) is 0 Å². The summed E-state index contributed by atoms with van der Waals surface area (Å²) in [5.41, 5.74) is 0.922. The molecule has 0 bridgehead atoms. The Bertz CT molecular complexity index is 707. The maximum absolute atomic E-state index is 13.4. The summed E-state index contributed by atoms with van der Waals surface area (Å²) >= 11 is 3.19. The van der Waals surface area contributed by atoms with Gasteiger partial charge in [-0.3, -0.25) is 0 Å². The number of benzene rings is 2. The number of carboxylic acids is 1. The van der Waals surface area contributed by atoms with Gasteiger partial charge in [0.05, 0.1) is 17.2 Å². The highest BCUT2D eigenvalue weighted by molar-refractivity contribution is 9.10. The van der Waals surface area contributed by atoms with Crippen LogP contribution in [0.4, 0.5) is 4.39 Å². The van der Waals surface area contributed by atoms with Crippen LogP contribution < -0.4 is 0 Å². The zero-order chi connectivity index (χ0) is 14.0. The summed E-state index contributed by atoms with van der Waals surface area (Å²) in [6.07, 6.45) is 0. The number of hydrogen-bond acceptors (Lipinski definition) is 2. The minimum Gasteiger partial charge on any atom is -0.478 e. The third kappa shape index (κ3) is 2.80. The first-order valence-electron chi connectivity index (χ1n) is 5.25. The van der Waals surface area contributed by atoms with Crippen LogP contribution in [0.15, 0.2) is 40.9 Å². The molecule has 0 fully saturated rings. The van der Waals surface area contributed by atoms with Crippen molar-refractivity contribution in [2.45, 2.75) is 0 Å². The Kier molecular flexibility index (Phi) is 3.63. The first-order valence-corrected chi connectivity index (χ1v) is 6.04. The number of carboxylic acid groups (broad SMARTS) is 1. The van der Waals surface area contributed by atoms with E-state index in [0.29, 0.717) is 15.6 Å². The van der Waals surface area contributed by atoms with Crippen molar-refractivity contribution in [2.24, 2.45) is 0 Å². The quantitative estimate of drug-likeness (QED) is 0.915. The van der Waals surface area contributed by atoms with E-state index in [1.54, 1.807) is 12.1 Å². The summed E-state index contributed by atoms with van der Waals surface area (Å²) in [4.78, 5) is 11.2. The van der Waals surface area contributed by atoms with E-state index in [1.807, 2.05) is 6.07 Å². The molecule has 0 saturated heterocycles. The summed E-state index contributed by atoms with van der Waals surface area (Å²) in [7, 11) is 0. The second-order valence-electron chi connectivity index (χ2n) is 3.84. The Balaban J connectivity index is 2.69. The molecule has 0 atom stereocenters. The SMILES string of the molecule is N#Cc1cc(F)cc(-c2ccc(Br)cc2C(=O)O)c1. The van der Waals surface area contributed by atoms with E-state index < -0.39 is 11.8 Å². The zero-order valence-corrected chi connectivity index (χ0v) is 11.1. The van der Waals surface area contributed by atoms with Gasteiger partial charge in [-0.05, 0) is 41.5 Å². The minimum absolute atomic E-state index is 0.0452. The van der Waals surface area contributed by atoms with Crippen molar-refractivity contribution in [3.05, 3.63) is 57.8 Å². The molecule has 1 N–H and O–H groups in total. The highest BCUT2D eigenvalue weighted by Gasteiger charge is 2.13. The largest absolute Gasteiger partial charge is 0.478 e. The molecule has 94 valence electrons. The van der Waals surface area contributed by atoms with Gasteiger partial charge >= 0.3 is 5.97 Å². The zero-order valence-electron chi connectivity index (χ0n) is 9.52. The molecule has 0 spiro atoms. The lowest BCUT2D eigenvalue weighted by Crippen LogP contribution is -2.00. The Morgan fingerprint density at radius 1 is 1.26 bits per heavy atom. The Morgan fingerprint density at radius 2 is 2.00 bits per heavy atom. The third-order valence-electron chi connectivity index (χ3n) is 2.55. The summed E-state index contributed by atoms with van der Waals surface area (Å²) < 4.78 is 14.0. The van der Waals surface area contributed by atoms with Crippen molar-refractivity contribution in [1.29, 1.82) is 5.26 Å². The smallest absolute Gasteiger partial charge is 0.336 e. The van der Waals surface area contributed by atoms with Crippen LogP contribution in [-0.4, -0.2) is 11.1 Å². The van der Waals surface area contributed by atoms with E-state index in [4.69, 9.17) is 10.4 Å². The molecule has 0 radical (unpaired) electrons. The number of nitrogens with zero attached hydrogens (tertiary/aromatic N) is 1. The average molecular weight is 320 g/mol. The first kappa shape index (κ1) is 13.2. The summed E-state index contributed by atoms with van der Waals surface area (Å²) in [5.74, 6) is -1.69. The van der Waals surface area contributed by atoms with Crippen LogP contribution in [0, 0.1) is 17.1 Å². The number of aromatic carboxylic acids is 1. The molecular formula is C14H7BrFNO2. The van der Waals surface area contributed by atoms with Gasteiger partial charge in [0.25, 0.3) is 0 Å². The van der Waals surface area contributed by atoms with E-state index >= 15 is 0 Å². The van der Waals surface area contributed by atoms with Crippen LogP contribution in [0.2, 0.25) is 0 Å². The Labute approximate surface area is 117 Å². The fourth-order valence-corrected chi connectivity index (χ4v) is 2.12. The van der Waals surface area contributed by atoms with E-state index in [2.05, 4.69) is 15.9 Å². The molecule has 3 nitrogen and oxygen atoms in total. The molecule has 2 aromatic rings. The molecule has 0 aliphatic rings. The van der Waals surface area contributed by atoms with E-state index in [9.17, 15) is 9.18 Å². The highest BCUT2D eigenvalue weighted by Crippen LogP contribution is 2.28. The second-order valence-corrected chi connectivity index (χ2v) is 4.75. The lowest BCUT2D eigenvalue weighted by atomic mass is 9.98. The molecule has 0 saturated carbocycles. The molecule has 0 aromatic heterocycles. The normalized spacial score (nSPS) is 9.95. The molecule has 0 unspecified atom stereocenters. The first-order chi connectivity index (χ1) is 9.01. The fourth-order valence-electron chi connectivity index (χ4n) is 1.75. The third-order valence-corrected chi connectivity index (χ3v) is 3.04. The monoisotopic (exact) mass is 319 g/mol. The number of nitriles is 1. The maximum atomic E-state index is 13.4. The van der Waals surface area contributed by atoms with Gasteiger partial charge in [0.2, 0.25) is 0 Å². The molecule has 0 aliphatic heterocycles. The molecule has 5 heteroatoms. The number of carbonyl (C=O) groups is 1. The predicted molar refractivity (Wildman–Crippen MR) is 71.2 cm³/mol. The summed E-state index contributed by atoms with van der Waals surface area (Å²) in [6.45, 7) is 0. The van der Waals surface area contributed by atoms with Gasteiger partial charge in [0.15, 0.2) is 0 Å². The molecule has 19 heavy (non-hydrogen) atoms. The highest BCUT2D eigenvalue weighted by atomic mass is 79.9. The van der Waals surface area contributed by atoms with Gasteiger partial charge in [0, 0.05) is 4.47 Å². The molecule has 0 heterocycles. The summed E-state index contributed by atoms with van der Waals surface area (Å²) in [6, 6.07) is 10.3. The van der Waals surface area contributed by atoms with Crippen LogP contribution in [0.5, 0.6) is 0 Å². The van der Waals surface area contributed by atoms with Gasteiger partial charge < -0.3 is 5.11 Å². The fraction of sp³-hybridized carbons (Fsp3) is 0. The summed E-state index contributed by atoms with van der Waals surface area (Å²) in [5, 5.41) is 18.0. The lowest BCUT2D eigenvalue weighted by molar-refractivity contribution is 0.0697. The topological polar surface area (TPSA) is 61.1 Å². The Hall–Kier alpha value is -2.19. The van der Waals surface area contributed by atoms with Crippen LogP contribution >= 0.6 is 15.9 Å². The van der Waals surface area contributed by atoms with Gasteiger partial charge in [-0.15, -0.1) is 0 Å². The standard InChI is InChI=1S/C14H7BrFNO2/c15-10-1-2-12(13(6-10)14(18)19)9-3-8(7-17)4-11(16)5-9/h1-6H,(H,18,19). The van der Waals surface area contributed by atoms with Gasteiger partial charge in [-0.1, -0.05) is 22.0 Å². The van der Waals surface area contributed by atoms with Crippen molar-refractivity contribution in [3.63, 3.8) is 0 Å². The van der Waals surface area contributed by atoms with Crippen LogP contribution in [-0.2, 0) is 0 Å². The van der Waals surface area contributed by atoms with Crippen molar-refractivity contribution in [3.8, 4) is 17.2 Å². The number of hydrogen-bond donors (Lipinski definition) is 1. The molecule has 2 rings (SSSR count). The molecule has 2 aromatic carbocycles. The van der Waals surface area contributed by atoms with Gasteiger partial charge in [-0.25, -0.2) is 9.18 Å².